The van der Waals surface area contributed by atoms with Gasteiger partial charge in [0, 0.05) is 6.54 Å². The summed E-state index contributed by atoms with van der Waals surface area (Å²) in [6, 6.07) is 9.01. The molecule has 6 heteroatoms. The van der Waals surface area contributed by atoms with Gasteiger partial charge in [0.25, 0.3) is 5.91 Å². The SMILES string of the molecule is CC(C)(C)OC(=O)N1CCC[C@@H]1C(=O)NOCc1ccccc1. The first kappa shape index (κ1) is 17.3. The molecular formula is C17H24N2O4. The van der Waals surface area contributed by atoms with Crippen LogP contribution in [-0.4, -0.2) is 35.1 Å². The molecule has 0 bridgehead atoms. The Morgan fingerprint density at radius 1 is 1.26 bits per heavy atom. The Labute approximate surface area is 136 Å². The van der Waals surface area contributed by atoms with Crippen LogP contribution in [0.5, 0.6) is 0 Å². The Hall–Kier alpha value is -2.08. The van der Waals surface area contributed by atoms with Crippen LogP contribution < -0.4 is 5.48 Å². The van der Waals surface area contributed by atoms with E-state index in [-0.39, 0.29) is 12.5 Å². The summed E-state index contributed by atoms with van der Waals surface area (Å²) in [6.45, 7) is 6.22. The lowest BCUT2D eigenvalue weighted by Crippen LogP contribution is -2.47. The second-order valence-corrected chi connectivity index (χ2v) is 6.57. The topological polar surface area (TPSA) is 67.9 Å². The molecule has 0 spiro atoms. The predicted molar refractivity (Wildman–Crippen MR) is 85.3 cm³/mol. The summed E-state index contributed by atoms with van der Waals surface area (Å²) in [7, 11) is 0. The van der Waals surface area contributed by atoms with Crippen LogP contribution in [0.4, 0.5) is 4.79 Å². The molecule has 1 aliphatic heterocycles. The van der Waals surface area contributed by atoms with Crippen LogP contribution >= 0.6 is 0 Å². The van der Waals surface area contributed by atoms with Crippen LogP contribution in [0.2, 0.25) is 0 Å². The van der Waals surface area contributed by atoms with Gasteiger partial charge in [0.1, 0.15) is 11.6 Å². The maximum absolute atomic E-state index is 12.2. The van der Waals surface area contributed by atoms with Crippen molar-refractivity contribution in [1.29, 1.82) is 0 Å². The van der Waals surface area contributed by atoms with Crippen LogP contribution in [0.3, 0.4) is 0 Å². The first-order valence-corrected chi connectivity index (χ1v) is 7.82. The number of likely N-dealkylation sites (tertiary alicyclic amines) is 1. The van der Waals surface area contributed by atoms with Crippen molar-refractivity contribution in [2.45, 2.75) is 51.9 Å². The second kappa shape index (κ2) is 7.46. The highest BCUT2D eigenvalue weighted by Gasteiger charge is 2.36. The van der Waals surface area contributed by atoms with Crippen molar-refractivity contribution in [2.75, 3.05) is 6.54 Å². The van der Waals surface area contributed by atoms with E-state index in [9.17, 15) is 9.59 Å². The van der Waals surface area contributed by atoms with E-state index in [1.807, 2.05) is 30.3 Å². The summed E-state index contributed by atoms with van der Waals surface area (Å²) in [5, 5.41) is 0. The molecule has 23 heavy (non-hydrogen) atoms. The lowest BCUT2D eigenvalue weighted by Gasteiger charge is -2.27. The van der Waals surface area contributed by atoms with Crippen molar-refractivity contribution >= 4 is 12.0 Å². The van der Waals surface area contributed by atoms with Crippen molar-refractivity contribution in [1.82, 2.24) is 10.4 Å². The predicted octanol–water partition coefficient (Wildman–Crippen LogP) is 2.63. The van der Waals surface area contributed by atoms with E-state index in [1.54, 1.807) is 20.8 Å². The molecule has 1 aromatic carbocycles. The minimum Gasteiger partial charge on any atom is -0.444 e. The molecule has 2 amide bonds. The summed E-state index contributed by atoms with van der Waals surface area (Å²) in [6.07, 6.45) is 0.925. The van der Waals surface area contributed by atoms with Gasteiger partial charge in [-0.15, -0.1) is 0 Å². The second-order valence-electron chi connectivity index (χ2n) is 6.57. The molecule has 1 N–H and O–H groups in total. The van der Waals surface area contributed by atoms with Crippen LogP contribution in [0.15, 0.2) is 30.3 Å². The largest absolute Gasteiger partial charge is 0.444 e. The maximum Gasteiger partial charge on any atom is 0.410 e. The molecule has 1 saturated heterocycles. The minimum absolute atomic E-state index is 0.283. The quantitative estimate of drug-likeness (QED) is 0.866. The maximum atomic E-state index is 12.2. The number of hydroxylamine groups is 1. The number of nitrogens with one attached hydrogen (secondary N) is 1. The van der Waals surface area contributed by atoms with Gasteiger partial charge in [-0.05, 0) is 39.2 Å². The number of carbonyl (C=O) groups excluding carboxylic acids is 2. The summed E-state index contributed by atoms with van der Waals surface area (Å²) < 4.78 is 5.34. The van der Waals surface area contributed by atoms with Gasteiger partial charge in [0.2, 0.25) is 0 Å². The van der Waals surface area contributed by atoms with E-state index in [2.05, 4.69) is 5.48 Å². The Morgan fingerprint density at radius 3 is 2.61 bits per heavy atom. The molecule has 0 unspecified atom stereocenters. The molecular weight excluding hydrogens is 296 g/mol. The van der Waals surface area contributed by atoms with Gasteiger partial charge < -0.3 is 4.74 Å². The van der Waals surface area contributed by atoms with Crippen molar-refractivity contribution in [3.8, 4) is 0 Å². The average molecular weight is 320 g/mol. The highest BCUT2D eigenvalue weighted by atomic mass is 16.7. The fourth-order valence-corrected chi connectivity index (χ4v) is 2.41. The minimum atomic E-state index is -0.579. The molecule has 1 fully saturated rings. The zero-order valence-corrected chi connectivity index (χ0v) is 13.9. The lowest BCUT2D eigenvalue weighted by atomic mass is 10.2. The highest BCUT2D eigenvalue weighted by Crippen LogP contribution is 2.21. The average Bonchev–Trinajstić information content (AvgIpc) is 2.96. The van der Waals surface area contributed by atoms with Crippen molar-refractivity contribution in [3.63, 3.8) is 0 Å². The third-order valence-electron chi connectivity index (χ3n) is 3.44. The summed E-state index contributed by atoms with van der Waals surface area (Å²) in [5.74, 6) is -0.315. The first-order chi connectivity index (χ1) is 10.9. The number of rotatable bonds is 4. The molecule has 6 nitrogen and oxygen atoms in total. The molecule has 126 valence electrons. The third kappa shape index (κ3) is 5.25. The summed E-state index contributed by atoms with van der Waals surface area (Å²) in [5.41, 5.74) is 2.81. The third-order valence-corrected chi connectivity index (χ3v) is 3.44. The van der Waals surface area contributed by atoms with Gasteiger partial charge in [0.15, 0.2) is 0 Å². The number of amides is 2. The molecule has 1 atom stereocenters. The lowest BCUT2D eigenvalue weighted by molar-refractivity contribution is -0.139. The van der Waals surface area contributed by atoms with Crippen molar-refractivity contribution in [3.05, 3.63) is 35.9 Å². The molecule has 1 aromatic rings. The Kier molecular flexibility index (Phi) is 5.60. The standard InChI is InChI=1S/C17H24N2O4/c1-17(2,3)23-16(21)19-11-7-10-14(19)15(20)18-22-12-13-8-5-4-6-9-13/h4-6,8-9,14H,7,10-12H2,1-3H3,(H,18,20)/t14-/m1/s1. The van der Waals surface area contributed by atoms with E-state index in [0.717, 1.165) is 12.0 Å². The molecule has 1 heterocycles. The monoisotopic (exact) mass is 320 g/mol. The summed E-state index contributed by atoms with van der Waals surface area (Å²) in [4.78, 5) is 31.1. The van der Waals surface area contributed by atoms with E-state index < -0.39 is 17.7 Å². The van der Waals surface area contributed by atoms with Gasteiger partial charge in [-0.1, -0.05) is 30.3 Å². The number of hydrogen-bond acceptors (Lipinski definition) is 4. The van der Waals surface area contributed by atoms with Gasteiger partial charge in [-0.25, -0.2) is 10.3 Å². The van der Waals surface area contributed by atoms with Crippen molar-refractivity contribution < 1.29 is 19.2 Å². The van der Waals surface area contributed by atoms with Crippen LogP contribution in [0, 0.1) is 0 Å². The molecule has 0 aromatic heterocycles. The zero-order chi connectivity index (χ0) is 16.9. The Bertz CT molecular complexity index is 539. The number of nitrogens with zero attached hydrogens (tertiary/aromatic N) is 1. The number of hydrogen-bond donors (Lipinski definition) is 1. The van der Waals surface area contributed by atoms with Gasteiger partial charge in [-0.3, -0.25) is 14.5 Å². The van der Waals surface area contributed by atoms with Gasteiger partial charge in [0.05, 0.1) is 6.61 Å². The van der Waals surface area contributed by atoms with E-state index >= 15 is 0 Å². The molecule has 0 aliphatic carbocycles. The number of carbonyl (C=O) groups is 2. The number of benzene rings is 1. The fraction of sp³-hybridized carbons (Fsp3) is 0.529. The summed E-state index contributed by atoms with van der Waals surface area (Å²) >= 11 is 0. The normalized spacial score (nSPS) is 17.9. The molecule has 0 radical (unpaired) electrons. The van der Waals surface area contributed by atoms with Crippen LogP contribution in [-0.2, 0) is 21.0 Å². The molecule has 0 saturated carbocycles. The number of ether oxygens (including phenoxy) is 1. The fourth-order valence-electron chi connectivity index (χ4n) is 2.41. The van der Waals surface area contributed by atoms with Gasteiger partial charge >= 0.3 is 6.09 Å². The first-order valence-electron chi connectivity index (χ1n) is 7.82. The van der Waals surface area contributed by atoms with Crippen molar-refractivity contribution in [2.24, 2.45) is 0 Å². The van der Waals surface area contributed by atoms with Gasteiger partial charge in [-0.2, -0.15) is 0 Å². The Morgan fingerprint density at radius 2 is 1.96 bits per heavy atom. The Balaban J connectivity index is 1.84. The van der Waals surface area contributed by atoms with Crippen LogP contribution in [0.1, 0.15) is 39.2 Å². The van der Waals surface area contributed by atoms with E-state index in [4.69, 9.17) is 9.57 Å². The molecule has 1 aliphatic rings. The van der Waals surface area contributed by atoms with Crippen LogP contribution in [0.25, 0.3) is 0 Å². The smallest absolute Gasteiger partial charge is 0.410 e. The van der Waals surface area contributed by atoms with E-state index in [0.29, 0.717) is 13.0 Å². The molecule has 2 rings (SSSR count). The zero-order valence-electron chi connectivity index (χ0n) is 13.9. The van der Waals surface area contributed by atoms with E-state index in [1.165, 1.54) is 4.90 Å². The highest BCUT2D eigenvalue weighted by molar-refractivity contribution is 5.85.